The molecule has 1 aliphatic heterocycles. The molecule has 17 heavy (non-hydrogen) atoms. The summed E-state index contributed by atoms with van der Waals surface area (Å²) in [5, 5.41) is 9.36. The third kappa shape index (κ3) is 1.21. The van der Waals surface area contributed by atoms with Crippen molar-refractivity contribution < 1.29 is 13.2 Å². The average Bonchev–Trinajstić information content (AvgIpc) is 2.81. The van der Waals surface area contributed by atoms with Crippen LogP contribution in [0.1, 0.15) is 16.8 Å². The Kier molecular flexibility index (Phi) is 1.82. The van der Waals surface area contributed by atoms with E-state index in [2.05, 4.69) is 0 Å². The molecule has 2 heterocycles. The van der Waals surface area contributed by atoms with Gasteiger partial charge in [-0.3, -0.25) is 0 Å². The highest BCUT2D eigenvalue weighted by Crippen LogP contribution is 2.41. The second kappa shape index (κ2) is 3.04. The van der Waals surface area contributed by atoms with E-state index < -0.39 is 11.9 Å². The lowest BCUT2D eigenvalue weighted by Gasteiger charge is -2.09. The van der Waals surface area contributed by atoms with Crippen LogP contribution in [0.15, 0.2) is 18.2 Å². The molecule has 0 aliphatic carbocycles. The minimum absolute atomic E-state index is 0.256. The molecule has 0 saturated heterocycles. The van der Waals surface area contributed by atoms with Crippen molar-refractivity contribution in [2.24, 2.45) is 0 Å². The minimum Gasteiger partial charge on any atom is -0.335 e. The molecular formula is C12H7F3N2. The molecule has 0 fully saturated rings. The summed E-state index contributed by atoms with van der Waals surface area (Å²) in [6.07, 6.45) is -3.88. The van der Waals surface area contributed by atoms with Gasteiger partial charge in [0.15, 0.2) is 0 Å². The van der Waals surface area contributed by atoms with Crippen LogP contribution in [-0.4, -0.2) is 4.57 Å². The fourth-order valence-corrected chi connectivity index (χ4v) is 2.55. The number of benzene rings is 1. The SMILES string of the molecule is N#Cc1c(C(F)(F)F)n2c3c(cccc13)CC2. The van der Waals surface area contributed by atoms with Crippen molar-refractivity contribution in [1.82, 2.24) is 4.57 Å². The Hall–Kier alpha value is -1.96. The van der Waals surface area contributed by atoms with Crippen LogP contribution in [0, 0.1) is 11.3 Å². The monoisotopic (exact) mass is 236 g/mol. The van der Waals surface area contributed by atoms with Crippen molar-refractivity contribution >= 4 is 10.9 Å². The van der Waals surface area contributed by atoms with Gasteiger partial charge in [0.05, 0.1) is 11.1 Å². The maximum absolute atomic E-state index is 13.0. The van der Waals surface area contributed by atoms with E-state index in [0.717, 1.165) is 5.56 Å². The van der Waals surface area contributed by atoms with Gasteiger partial charge in [-0.15, -0.1) is 0 Å². The first-order valence-electron chi connectivity index (χ1n) is 5.15. The third-order valence-electron chi connectivity index (χ3n) is 3.15. The summed E-state index contributed by atoms with van der Waals surface area (Å²) >= 11 is 0. The summed E-state index contributed by atoms with van der Waals surface area (Å²) in [5.41, 5.74) is 0.389. The number of para-hydroxylation sites is 1. The minimum atomic E-state index is -4.48. The number of hydrogen-bond donors (Lipinski definition) is 0. The second-order valence-corrected chi connectivity index (χ2v) is 4.05. The van der Waals surface area contributed by atoms with Crippen LogP contribution in [0.2, 0.25) is 0 Å². The standard InChI is InChI=1S/C12H7F3N2/c13-12(14,15)11-9(6-16)8-3-1-2-7-4-5-17(11)10(7)8/h1-3H,4-5H2. The summed E-state index contributed by atoms with van der Waals surface area (Å²) in [6.45, 7) is 0.298. The maximum atomic E-state index is 13.0. The molecule has 5 heteroatoms. The Morgan fingerprint density at radius 3 is 2.71 bits per heavy atom. The van der Waals surface area contributed by atoms with Crippen molar-refractivity contribution in [3.63, 3.8) is 0 Å². The van der Waals surface area contributed by atoms with Gasteiger partial charge in [0, 0.05) is 11.9 Å². The Morgan fingerprint density at radius 2 is 2.06 bits per heavy atom. The van der Waals surface area contributed by atoms with Crippen LogP contribution in [-0.2, 0) is 19.1 Å². The number of aryl methyl sites for hydroxylation is 2. The molecule has 1 aromatic carbocycles. The maximum Gasteiger partial charge on any atom is 0.432 e. The first-order chi connectivity index (χ1) is 8.04. The van der Waals surface area contributed by atoms with Crippen molar-refractivity contribution in [1.29, 1.82) is 5.26 Å². The molecule has 1 aliphatic rings. The Bertz CT molecular complexity index is 659. The highest BCUT2D eigenvalue weighted by molar-refractivity contribution is 5.91. The Balaban J connectivity index is 2.51. The van der Waals surface area contributed by atoms with Gasteiger partial charge in [0.2, 0.25) is 0 Å². The van der Waals surface area contributed by atoms with Crippen LogP contribution in [0.25, 0.3) is 10.9 Å². The summed E-state index contributed by atoms with van der Waals surface area (Å²) < 4.78 is 40.1. The molecule has 0 spiro atoms. The molecule has 1 aromatic heterocycles. The Morgan fingerprint density at radius 1 is 1.29 bits per heavy atom. The van der Waals surface area contributed by atoms with Gasteiger partial charge in [0.1, 0.15) is 11.8 Å². The predicted octanol–water partition coefficient (Wildman–Crippen LogP) is 3.09. The van der Waals surface area contributed by atoms with Gasteiger partial charge in [-0.25, -0.2) is 0 Å². The molecule has 0 atom stereocenters. The molecule has 86 valence electrons. The van der Waals surface area contributed by atoms with Crippen LogP contribution < -0.4 is 0 Å². The van der Waals surface area contributed by atoms with E-state index in [1.807, 2.05) is 6.07 Å². The van der Waals surface area contributed by atoms with Crippen LogP contribution >= 0.6 is 0 Å². The molecule has 0 amide bonds. The second-order valence-electron chi connectivity index (χ2n) is 4.05. The molecule has 2 nitrogen and oxygen atoms in total. The van der Waals surface area contributed by atoms with E-state index in [1.165, 1.54) is 4.57 Å². The van der Waals surface area contributed by atoms with E-state index in [1.54, 1.807) is 18.2 Å². The number of alkyl halides is 3. The van der Waals surface area contributed by atoms with Crippen LogP contribution in [0.4, 0.5) is 13.2 Å². The quantitative estimate of drug-likeness (QED) is 0.691. The molecule has 0 bridgehead atoms. The number of rotatable bonds is 0. The van der Waals surface area contributed by atoms with Gasteiger partial charge >= 0.3 is 6.18 Å². The number of hydrogen-bond acceptors (Lipinski definition) is 1. The van der Waals surface area contributed by atoms with Gasteiger partial charge in [-0.1, -0.05) is 18.2 Å². The molecule has 0 saturated carbocycles. The number of halogens is 3. The van der Waals surface area contributed by atoms with Gasteiger partial charge < -0.3 is 4.57 Å². The summed E-state index contributed by atoms with van der Waals surface area (Å²) in [5.74, 6) is 0. The Labute approximate surface area is 94.9 Å². The van der Waals surface area contributed by atoms with Crippen molar-refractivity contribution in [2.75, 3.05) is 0 Å². The zero-order chi connectivity index (χ0) is 12.2. The van der Waals surface area contributed by atoms with Crippen molar-refractivity contribution in [3.05, 3.63) is 35.0 Å². The third-order valence-corrected chi connectivity index (χ3v) is 3.15. The first kappa shape index (κ1) is 10.2. The smallest absolute Gasteiger partial charge is 0.335 e. The van der Waals surface area contributed by atoms with E-state index >= 15 is 0 Å². The average molecular weight is 236 g/mol. The fourth-order valence-electron chi connectivity index (χ4n) is 2.55. The molecule has 2 aromatic rings. The molecule has 0 N–H and O–H groups in total. The molecule has 3 rings (SSSR count). The number of nitrogens with zero attached hydrogens (tertiary/aromatic N) is 2. The lowest BCUT2D eigenvalue weighted by molar-refractivity contribution is -0.143. The molecular weight excluding hydrogens is 229 g/mol. The summed E-state index contributed by atoms with van der Waals surface area (Å²) in [4.78, 5) is 0. The van der Waals surface area contributed by atoms with Crippen molar-refractivity contribution in [3.8, 4) is 6.07 Å². The largest absolute Gasteiger partial charge is 0.432 e. The number of aromatic nitrogens is 1. The highest BCUT2D eigenvalue weighted by Gasteiger charge is 2.40. The van der Waals surface area contributed by atoms with E-state index in [0.29, 0.717) is 23.9 Å². The normalized spacial score (nSPS) is 14.2. The predicted molar refractivity (Wildman–Crippen MR) is 55.4 cm³/mol. The topological polar surface area (TPSA) is 28.7 Å². The highest BCUT2D eigenvalue weighted by atomic mass is 19.4. The van der Waals surface area contributed by atoms with Gasteiger partial charge in [0.25, 0.3) is 0 Å². The van der Waals surface area contributed by atoms with E-state index in [9.17, 15) is 13.2 Å². The van der Waals surface area contributed by atoms with Crippen LogP contribution in [0.3, 0.4) is 0 Å². The summed E-state index contributed by atoms with van der Waals surface area (Å²) in [7, 11) is 0. The van der Waals surface area contributed by atoms with Gasteiger partial charge in [-0.05, 0) is 12.0 Å². The lowest BCUT2D eigenvalue weighted by Crippen LogP contribution is -2.14. The van der Waals surface area contributed by atoms with E-state index in [4.69, 9.17) is 5.26 Å². The number of nitriles is 1. The lowest BCUT2D eigenvalue weighted by atomic mass is 10.1. The van der Waals surface area contributed by atoms with Crippen molar-refractivity contribution in [2.45, 2.75) is 19.1 Å². The van der Waals surface area contributed by atoms with E-state index in [-0.39, 0.29) is 5.56 Å². The molecule has 0 radical (unpaired) electrons. The molecule has 0 unspecified atom stereocenters. The van der Waals surface area contributed by atoms with Crippen LogP contribution in [0.5, 0.6) is 0 Å². The first-order valence-corrected chi connectivity index (χ1v) is 5.15. The fraction of sp³-hybridized carbons (Fsp3) is 0.250. The zero-order valence-corrected chi connectivity index (χ0v) is 8.67. The van der Waals surface area contributed by atoms with Gasteiger partial charge in [-0.2, -0.15) is 18.4 Å². The summed E-state index contributed by atoms with van der Waals surface area (Å²) in [6, 6.07) is 6.78. The zero-order valence-electron chi connectivity index (χ0n) is 8.67.